The predicted octanol–water partition coefficient (Wildman–Crippen LogP) is 3.03. The van der Waals surface area contributed by atoms with Crippen molar-refractivity contribution in [3.8, 4) is 0 Å². The Hall–Kier alpha value is 0.690. The van der Waals surface area contributed by atoms with E-state index in [0.717, 1.165) is 6.42 Å². The first-order valence-electron chi connectivity index (χ1n) is 4.34. The van der Waals surface area contributed by atoms with Crippen LogP contribution in [0.3, 0.4) is 0 Å². The van der Waals surface area contributed by atoms with Crippen molar-refractivity contribution >= 4 is 31.0 Å². The fourth-order valence-corrected chi connectivity index (χ4v) is 2.24. The summed E-state index contributed by atoms with van der Waals surface area (Å²) in [6.45, 7) is 2.48. The van der Waals surface area contributed by atoms with Gasteiger partial charge in [0.15, 0.2) is 0 Å². The van der Waals surface area contributed by atoms with Crippen molar-refractivity contribution in [1.82, 2.24) is 0 Å². The minimum absolute atomic E-state index is 0.130. The van der Waals surface area contributed by atoms with Gasteiger partial charge < -0.3 is 0 Å². The summed E-state index contributed by atoms with van der Waals surface area (Å²) in [4.78, 5) is 0. The van der Waals surface area contributed by atoms with Crippen LogP contribution in [0.2, 0.25) is 0 Å². The molecule has 0 bridgehead atoms. The predicted molar refractivity (Wildman–Crippen MR) is 57.2 cm³/mol. The second-order valence-electron chi connectivity index (χ2n) is 2.32. The van der Waals surface area contributed by atoms with Crippen molar-refractivity contribution < 1.29 is 18.1 Å². The van der Waals surface area contributed by atoms with Crippen molar-refractivity contribution in [2.75, 3.05) is 31.6 Å². The third-order valence-corrected chi connectivity index (χ3v) is 2.91. The Morgan fingerprint density at radius 1 is 1.00 bits per heavy atom. The molecule has 0 fully saturated rings. The summed E-state index contributed by atoms with van der Waals surface area (Å²) in [5, 5.41) is 0. The van der Waals surface area contributed by atoms with E-state index >= 15 is 0 Å². The van der Waals surface area contributed by atoms with E-state index in [2.05, 4.69) is 0 Å². The molecule has 0 aromatic heterocycles. The third kappa shape index (κ3) is 7.04. The topological polar surface area (TPSA) is 44.8 Å². The highest BCUT2D eigenvalue weighted by molar-refractivity contribution is 7.48. The molecule has 0 saturated carbocycles. The zero-order valence-corrected chi connectivity index (χ0v) is 10.5. The number of phosphoric acid groups is 1. The first-order valence-corrected chi connectivity index (χ1v) is 6.87. The number of hydrogen-bond donors (Lipinski definition) is 0. The second kappa shape index (κ2) is 8.96. The average Bonchev–Trinajstić information content (AvgIpc) is 2.21. The molecule has 86 valence electrons. The maximum absolute atomic E-state index is 11.7. The van der Waals surface area contributed by atoms with E-state index in [4.69, 9.17) is 36.8 Å². The third-order valence-electron chi connectivity index (χ3n) is 1.11. The van der Waals surface area contributed by atoms with E-state index in [9.17, 15) is 4.57 Å². The molecule has 0 aliphatic heterocycles. The Kier molecular flexibility index (Phi) is 9.40. The molecule has 0 spiro atoms. The van der Waals surface area contributed by atoms with Crippen LogP contribution in [0.15, 0.2) is 0 Å². The van der Waals surface area contributed by atoms with Gasteiger partial charge in [0.2, 0.25) is 0 Å². The van der Waals surface area contributed by atoms with E-state index in [1.165, 1.54) is 0 Å². The molecule has 0 amide bonds. The lowest BCUT2D eigenvalue weighted by Gasteiger charge is -2.16. The molecule has 0 aliphatic rings. The van der Waals surface area contributed by atoms with Crippen LogP contribution in [-0.4, -0.2) is 31.6 Å². The Bertz CT molecular complexity index is 151. The summed E-state index contributed by atoms with van der Waals surface area (Å²) in [7, 11) is -3.44. The van der Waals surface area contributed by atoms with Crippen molar-refractivity contribution in [3.63, 3.8) is 0 Å². The molecule has 0 heterocycles. The zero-order chi connectivity index (χ0) is 10.9. The number of rotatable bonds is 9. The van der Waals surface area contributed by atoms with Gasteiger partial charge in [0.25, 0.3) is 0 Å². The van der Waals surface area contributed by atoms with Gasteiger partial charge in [0, 0.05) is 11.8 Å². The number of halogens is 2. The lowest BCUT2D eigenvalue weighted by atomic mass is 10.5. The lowest BCUT2D eigenvalue weighted by molar-refractivity contribution is 0.123. The maximum Gasteiger partial charge on any atom is 0.474 e. The minimum Gasteiger partial charge on any atom is -0.287 e. The van der Waals surface area contributed by atoms with Gasteiger partial charge in [-0.1, -0.05) is 6.92 Å². The molecular formula is C7H15Cl2O4P. The molecule has 0 saturated heterocycles. The van der Waals surface area contributed by atoms with Gasteiger partial charge in [-0.25, -0.2) is 4.57 Å². The maximum atomic E-state index is 11.7. The Morgan fingerprint density at radius 3 is 1.79 bits per heavy atom. The SMILES string of the molecule is CCCOP(=O)(OCCCl)OCCCl. The number of hydrogen-bond acceptors (Lipinski definition) is 4. The molecule has 0 aromatic rings. The molecule has 0 unspecified atom stereocenters. The zero-order valence-electron chi connectivity index (χ0n) is 8.08. The molecule has 0 N–H and O–H groups in total. The van der Waals surface area contributed by atoms with Crippen molar-refractivity contribution in [1.29, 1.82) is 0 Å². The Morgan fingerprint density at radius 2 is 1.43 bits per heavy atom. The van der Waals surface area contributed by atoms with Gasteiger partial charge in [-0.2, -0.15) is 0 Å². The van der Waals surface area contributed by atoms with E-state index in [1.54, 1.807) is 0 Å². The van der Waals surface area contributed by atoms with E-state index in [0.29, 0.717) is 6.61 Å². The quantitative estimate of drug-likeness (QED) is 0.474. The Labute approximate surface area is 94.4 Å². The Balaban J connectivity index is 3.97. The number of alkyl halides is 2. The molecule has 0 aliphatic carbocycles. The summed E-state index contributed by atoms with van der Waals surface area (Å²) in [6.07, 6.45) is 0.735. The van der Waals surface area contributed by atoms with Crippen LogP contribution < -0.4 is 0 Å². The lowest BCUT2D eigenvalue weighted by Crippen LogP contribution is -2.04. The van der Waals surface area contributed by atoms with Crippen LogP contribution in [0.25, 0.3) is 0 Å². The molecule has 0 atom stereocenters. The van der Waals surface area contributed by atoms with Gasteiger partial charge in [-0.05, 0) is 6.42 Å². The molecule has 0 radical (unpaired) electrons. The smallest absolute Gasteiger partial charge is 0.287 e. The van der Waals surface area contributed by atoms with E-state index in [1.807, 2.05) is 6.92 Å². The van der Waals surface area contributed by atoms with Crippen LogP contribution >= 0.6 is 31.0 Å². The van der Waals surface area contributed by atoms with Crippen molar-refractivity contribution in [3.05, 3.63) is 0 Å². The second-order valence-corrected chi connectivity index (χ2v) is 4.75. The average molecular weight is 265 g/mol. The molecular weight excluding hydrogens is 250 g/mol. The normalized spacial score (nSPS) is 11.9. The first kappa shape index (κ1) is 14.7. The van der Waals surface area contributed by atoms with E-state index < -0.39 is 7.82 Å². The fraction of sp³-hybridized carbons (Fsp3) is 1.00. The molecule has 0 rings (SSSR count). The summed E-state index contributed by atoms with van der Waals surface area (Å²) < 4.78 is 26.5. The van der Waals surface area contributed by atoms with Crippen LogP contribution in [-0.2, 0) is 18.1 Å². The van der Waals surface area contributed by atoms with Gasteiger partial charge in [0.1, 0.15) is 0 Å². The molecule has 4 nitrogen and oxygen atoms in total. The summed E-state index contributed by atoms with van der Waals surface area (Å²) in [5.74, 6) is 0.480. The largest absolute Gasteiger partial charge is 0.474 e. The van der Waals surface area contributed by atoms with Crippen molar-refractivity contribution in [2.24, 2.45) is 0 Å². The van der Waals surface area contributed by atoms with Crippen LogP contribution in [0.5, 0.6) is 0 Å². The summed E-state index contributed by atoms with van der Waals surface area (Å²) in [6, 6.07) is 0. The highest BCUT2D eigenvalue weighted by Crippen LogP contribution is 2.49. The minimum atomic E-state index is -3.44. The van der Waals surface area contributed by atoms with Gasteiger partial charge in [-0.15, -0.1) is 23.2 Å². The van der Waals surface area contributed by atoms with Crippen LogP contribution in [0.1, 0.15) is 13.3 Å². The highest BCUT2D eigenvalue weighted by Gasteiger charge is 2.25. The van der Waals surface area contributed by atoms with Gasteiger partial charge >= 0.3 is 7.82 Å². The molecule has 7 heteroatoms. The van der Waals surface area contributed by atoms with Crippen LogP contribution in [0.4, 0.5) is 0 Å². The summed E-state index contributed by atoms with van der Waals surface area (Å²) >= 11 is 10.8. The van der Waals surface area contributed by atoms with Crippen LogP contribution in [0, 0.1) is 0 Å². The van der Waals surface area contributed by atoms with E-state index in [-0.39, 0.29) is 25.0 Å². The first-order chi connectivity index (χ1) is 6.68. The highest BCUT2D eigenvalue weighted by atomic mass is 35.5. The van der Waals surface area contributed by atoms with Crippen molar-refractivity contribution in [2.45, 2.75) is 13.3 Å². The standard InChI is InChI=1S/C7H15Cl2O4P/c1-2-5-11-14(10,12-6-3-8)13-7-4-9/h2-7H2,1H3. The molecule has 14 heavy (non-hydrogen) atoms. The molecule has 0 aromatic carbocycles. The fourth-order valence-electron chi connectivity index (χ4n) is 0.608. The van der Waals surface area contributed by atoms with Gasteiger partial charge in [-0.3, -0.25) is 13.6 Å². The number of phosphoric ester groups is 1. The monoisotopic (exact) mass is 264 g/mol. The summed E-state index contributed by atoms with van der Waals surface area (Å²) in [5.41, 5.74) is 0. The van der Waals surface area contributed by atoms with Gasteiger partial charge in [0.05, 0.1) is 19.8 Å².